The number of benzene rings is 2. The van der Waals surface area contributed by atoms with Crippen LogP contribution in [0.3, 0.4) is 0 Å². The molecule has 34 heavy (non-hydrogen) atoms. The summed E-state index contributed by atoms with van der Waals surface area (Å²) < 4.78 is 5.65. The number of nitrogens with one attached hydrogen (secondary N) is 2. The third-order valence-corrected chi connectivity index (χ3v) is 7.01. The lowest BCUT2D eigenvalue weighted by molar-refractivity contribution is -0.141. The van der Waals surface area contributed by atoms with E-state index in [-0.39, 0.29) is 30.4 Å². The van der Waals surface area contributed by atoms with Crippen molar-refractivity contribution in [3.63, 3.8) is 0 Å². The molecule has 0 heterocycles. The quantitative estimate of drug-likeness (QED) is 0.540. The van der Waals surface area contributed by atoms with E-state index in [1.807, 2.05) is 24.3 Å². The number of amides is 2. The Kier molecular flexibility index (Phi) is 7.50. The van der Waals surface area contributed by atoms with E-state index < -0.39 is 18.0 Å². The molecule has 1 saturated carbocycles. The van der Waals surface area contributed by atoms with Gasteiger partial charge in [0.1, 0.15) is 6.61 Å². The van der Waals surface area contributed by atoms with E-state index in [0.717, 1.165) is 19.3 Å². The molecular formula is C27H32N2O5. The van der Waals surface area contributed by atoms with Crippen LogP contribution in [-0.2, 0) is 14.3 Å². The van der Waals surface area contributed by atoms with Crippen molar-refractivity contribution in [2.45, 2.75) is 51.0 Å². The van der Waals surface area contributed by atoms with Gasteiger partial charge in [-0.05, 0) is 47.9 Å². The number of carbonyl (C=O) groups excluding carboxylic acids is 2. The lowest BCUT2D eigenvalue weighted by Gasteiger charge is -2.29. The molecule has 3 N–H and O–H groups in total. The highest BCUT2D eigenvalue weighted by molar-refractivity contribution is 5.80. The predicted octanol–water partition coefficient (Wildman–Crippen LogP) is 4.31. The third kappa shape index (κ3) is 5.41. The first-order valence-electron chi connectivity index (χ1n) is 12.1. The summed E-state index contributed by atoms with van der Waals surface area (Å²) in [6.45, 7) is 2.23. The fourth-order valence-electron chi connectivity index (χ4n) is 5.05. The summed E-state index contributed by atoms with van der Waals surface area (Å²) in [5.74, 6) is -1.60. The Labute approximate surface area is 199 Å². The molecule has 2 aliphatic carbocycles. The summed E-state index contributed by atoms with van der Waals surface area (Å²) in [4.78, 5) is 36.0. The van der Waals surface area contributed by atoms with E-state index in [0.29, 0.717) is 19.4 Å². The first-order chi connectivity index (χ1) is 16.4. The van der Waals surface area contributed by atoms with Crippen molar-refractivity contribution in [1.82, 2.24) is 10.6 Å². The fraction of sp³-hybridized carbons (Fsp3) is 0.444. The van der Waals surface area contributed by atoms with Gasteiger partial charge in [-0.1, -0.05) is 61.9 Å². The normalized spacial score (nSPS) is 20.0. The summed E-state index contributed by atoms with van der Waals surface area (Å²) in [5, 5.41) is 14.8. The maximum Gasteiger partial charge on any atom is 0.407 e. The summed E-state index contributed by atoms with van der Waals surface area (Å²) in [6, 6.07) is 16.3. The van der Waals surface area contributed by atoms with Gasteiger partial charge in [-0.25, -0.2) is 4.79 Å². The standard InChI is InChI=1S/C27H32N2O5/c1-17(26(31)32)13-14-28-25(30)18-7-6-8-19(15-18)29-27(33)34-16-24-22-11-4-2-9-20(22)21-10-3-5-12-23(21)24/h2-5,9-12,17-19,24H,6-8,13-16H2,1H3,(H,28,30)(H,29,33)(H,31,32)/t17?,18-,19+/m0/s1. The van der Waals surface area contributed by atoms with Crippen LogP contribution in [-0.4, -0.2) is 42.3 Å². The Morgan fingerprint density at radius 1 is 1.03 bits per heavy atom. The number of carboxylic acid groups (broad SMARTS) is 1. The van der Waals surface area contributed by atoms with Gasteiger partial charge in [0.05, 0.1) is 5.92 Å². The van der Waals surface area contributed by atoms with E-state index in [4.69, 9.17) is 9.84 Å². The Hall–Kier alpha value is -3.35. The van der Waals surface area contributed by atoms with Gasteiger partial charge >= 0.3 is 12.1 Å². The number of ether oxygens (including phenoxy) is 1. The number of hydrogen-bond donors (Lipinski definition) is 3. The van der Waals surface area contributed by atoms with Crippen LogP contribution in [0.2, 0.25) is 0 Å². The van der Waals surface area contributed by atoms with Crippen LogP contribution in [0.15, 0.2) is 48.5 Å². The molecule has 2 aromatic rings. The highest BCUT2D eigenvalue weighted by Gasteiger charge is 2.31. The van der Waals surface area contributed by atoms with Gasteiger partial charge in [0.2, 0.25) is 5.91 Å². The molecule has 0 radical (unpaired) electrons. The highest BCUT2D eigenvalue weighted by Crippen LogP contribution is 2.44. The maximum atomic E-state index is 12.6. The molecule has 2 aromatic carbocycles. The van der Waals surface area contributed by atoms with Crippen molar-refractivity contribution in [3.05, 3.63) is 59.7 Å². The lowest BCUT2D eigenvalue weighted by Crippen LogP contribution is -2.43. The van der Waals surface area contributed by atoms with Crippen molar-refractivity contribution in [2.24, 2.45) is 11.8 Å². The first kappa shape index (κ1) is 23.8. The van der Waals surface area contributed by atoms with E-state index in [1.54, 1.807) is 6.92 Å². The van der Waals surface area contributed by atoms with Crippen molar-refractivity contribution in [3.8, 4) is 11.1 Å². The zero-order chi connectivity index (χ0) is 24.1. The minimum absolute atomic E-state index is 0.0104. The van der Waals surface area contributed by atoms with E-state index in [2.05, 4.69) is 34.9 Å². The SMILES string of the molecule is CC(CCNC(=O)[C@H]1CCC[C@@H](NC(=O)OCC2c3ccccc3-c3ccccc32)C1)C(=O)O. The summed E-state index contributed by atoms with van der Waals surface area (Å²) in [5.41, 5.74) is 4.71. The summed E-state index contributed by atoms with van der Waals surface area (Å²) in [6.07, 6.45) is 2.92. The van der Waals surface area contributed by atoms with E-state index in [9.17, 15) is 14.4 Å². The molecule has 0 aromatic heterocycles. The molecule has 3 atom stereocenters. The Balaban J connectivity index is 1.27. The van der Waals surface area contributed by atoms with Crippen LogP contribution >= 0.6 is 0 Å². The van der Waals surface area contributed by atoms with Gasteiger partial charge in [0.25, 0.3) is 0 Å². The molecule has 0 spiro atoms. The van der Waals surface area contributed by atoms with Gasteiger partial charge in [-0.15, -0.1) is 0 Å². The number of carbonyl (C=O) groups is 3. The first-order valence-corrected chi connectivity index (χ1v) is 12.1. The monoisotopic (exact) mass is 464 g/mol. The molecule has 1 fully saturated rings. The van der Waals surface area contributed by atoms with Crippen LogP contribution in [0.1, 0.15) is 56.1 Å². The van der Waals surface area contributed by atoms with Crippen LogP contribution in [0.4, 0.5) is 4.79 Å². The van der Waals surface area contributed by atoms with Crippen molar-refractivity contribution >= 4 is 18.0 Å². The van der Waals surface area contributed by atoms with Crippen molar-refractivity contribution < 1.29 is 24.2 Å². The van der Waals surface area contributed by atoms with Crippen LogP contribution in [0.5, 0.6) is 0 Å². The molecule has 0 saturated heterocycles. The fourth-order valence-corrected chi connectivity index (χ4v) is 5.05. The maximum absolute atomic E-state index is 12.6. The van der Waals surface area contributed by atoms with Crippen molar-refractivity contribution in [1.29, 1.82) is 0 Å². The predicted molar refractivity (Wildman–Crippen MR) is 128 cm³/mol. The van der Waals surface area contributed by atoms with E-state index in [1.165, 1.54) is 22.3 Å². The van der Waals surface area contributed by atoms with Crippen molar-refractivity contribution in [2.75, 3.05) is 13.2 Å². The number of fused-ring (bicyclic) bond motifs is 3. The number of hydrogen-bond acceptors (Lipinski definition) is 4. The number of carboxylic acids is 1. The molecule has 2 amide bonds. The molecule has 180 valence electrons. The molecule has 4 rings (SSSR count). The Morgan fingerprint density at radius 2 is 1.68 bits per heavy atom. The minimum Gasteiger partial charge on any atom is -0.481 e. The Bertz CT molecular complexity index is 1010. The molecule has 0 aliphatic heterocycles. The van der Waals surface area contributed by atoms with Gasteiger partial charge in [-0.3, -0.25) is 9.59 Å². The average Bonchev–Trinajstić information content (AvgIpc) is 3.16. The van der Waals surface area contributed by atoms with Gasteiger partial charge in [0.15, 0.2) is 0 Å². The molecule has 7 heteroatoms. The van der Waals surface area contributed by atoms with Gasteiger partial charge < -0.3 is 20.5 Å². The Morgan fingerprint density at radius 3 is 2.32 bits per heavy atom. The van der Waals surface area contributed by atoms with Gasteiger partial charge in [0, 0.05) is 24.4 Å². The summed E-state index contributed by atoms with van der Waals surface area (Å²) in [7, 11) is 0. The van der Waals surface area contributed by atoms with E-state index >= 15 is 0 Å². The highest BCUT2D eigenvalue weighted by atomic mass is 16.5. The number of aliphatic carboxylic acids is 1. The third-order valence-electron chi connectivity index (χ3n) is 7.01. The zero-order valence-electron chi connectivity index (χ0n) is 19.5. The second kappa shape index (κ2) is 10.7. The zero-order valence-corrected chi connectivity index (χ0v) is 19.5. The lowest BCUT2D eigenvalue weighted by atomic mass is 9.85. The number of alkyl carbamates (subject to hydrolysis) is 1. The summed E-state index contributed by atoms with van der Waals surface area (Å²) >= 11 is 0. The topological polar surface area (TPSA) is 105 Å². The average molecular weight is 465 g/mol. The minimum atomic E-state index is -0.862. The molecular weight excluding hydrogens is 432 g/mol. The number of rotatable bonds is 8. The second-order valence-corrected chi connectivity index (χ2v) is 9.35. The van der Waals surface area contributed by atoms with Crippen LogP contribution in [0, 0.1) is 11.8 Å². The largest absolute Gasteiger partial charge is 0.481 e. The molecule has 7 nitrogen and oxygen atoms in total. The van der Waals surface area contributed by atoms with Crippen LogP contribution < -0.4 is 10.6 Å². The molecule has 2 aliphatic rings. The van der Waals surface area contributed by atoms with Crippen LogP contribution in [0.25, 0.3) is 11.1 Å². The second-order valence-electron chi connectivity index (χ2n) is 9.35. The molecule has 0 bridgehead atoms. The van der Waals surface area contributed by atoms with Gasteiger partial charge in [-0.2, -0.15) is 0 Å². The smallest absolute Gasteiger partial charge is 0.407 e. The molecule has 1 unspecified atom stereocenters.